The maximum absolute atomic E-state index is 11.2. The third kappa shape index (κ3) is 1.21. The minimum absolute atomic E-state index is 0.119. The zero-order valence-electron chi connectivity index (χ0n) is 7.93. The molecule has 4 nitrogen and oxygen atoms in total. The van der Waals surface area contributed by atoms with E-state index in [0.717, 1.165) is 21.1 Å². The summed E-state index contributed by atoms with van der Waals surface area (Å²) >= 11 is 1.45. The van der Waals surface area contributed by atoms with Gasteiger partial charge in [-0.25, -0.2) is 0 Å². The molecule has 0 spiro atoms. The minimum atomic E-state index is -0.119. The number of carbonyl (C=O) groups excluding carboxylic acids is 1. The number of hydrogen-bond acceptors (Lipinski definition) is 4. The van der Waals surface area contributed by atoms with Gasteiger partial charge in [0, 0.05) is 16.0 Å². The van der Waals surface area contributed by atoms with Crippen molar-refractivity contribution in [3.05, 3.63) is 16.0 Å². The first-order valence-corrected chi connectivity index (χ1v) is 5.00. The van der Waals surface area contributed by atoms with E-state index in [1.165, 1.54) is 11.3 Å². The lowest BCUT2D eigenvalue weighted by molar-refractivity contribution is -0.119. The Morgan fingerprint density at radius 2 is 2.29 bits per heavy atom. The number of nitrogens with one attached hydrogen (secondary N) is 2. The highest BCUT2D eigenvalue weighted by atomic mass is 32.1. The lowest BCUT2D eigenvalue weighted by Gasteiger charge is -2.13. The van der Waals surface area contributed by atoms with E-state index in [1.54, 1.807) is 7.11 Å². The highest BCUT2D eigenvalue weighted by Gasteiger charge is 2.26. The maximum Gasteiger partial charge on any atom is 0.230 e. The third-order valence-corrected chi connectivity index (χ3v) is 3.45. The van der Waals surface area contributed by atoms with Crippen LogP contribution in [0.5, 0.6) is 5.06 Å². The van der Waals surface area contributed by atoms with Crippen molar-refractivity contribution in [2.75, 3.05) is 7.11 Å². The van der Waals surface area contributed by atoms with Gasteiger partial charge in [0.2, 0.25) is 5.91 Å². The van der Waals surface area contributed by atoms with Crippen LogP contribution in [0.15, 0.2) is 0 Å². The Hall–Kier alpha value is -1.36. The molecular formula is C9H10N2O2S. The van der Waals surface area contributed by atoms with Crippen molar-refractivity contribution in [2.45, 2.75) is 13.3 Å². The molecule has 2 heterocycles. The SMILES string of the molecule is COc1sc2c(c1C)C(=N)NC(=O)C2. The molecule has 5 heteroatoms. The molecule has 2 N–H and O–H groups in total. The molecule has 1 amide bonds. The summed E-state index contributed by atoms with van der Waals surface area (Å²) in [6.45, 7) is 1.90. The van der Waals surface area contributed by atoms with Crippen LogP contribution < -0.4 is 10.1 Å². The van der Waals surface area contributed by atoms with Crippen molar-refractivity contribution in [3.8, 4) is 5.06 Å². The summed E-state index contributed by atoms with van der Waals surface area (Å²) in [5.41, 5.74) is 1.77. The maximum atomic E-state index is 11.2. The van der Waals surface area contributed by atoms with Crippen molar-refractivity contribution in [1.29, 1.82) is 5.41 Å². The van der Waals surface area contributed by atoms with Gasteiger partial charge in [-0.2, -0.15) is 0 Å². The van der Waals surface area contributed by atoms with Crippen LogP contribution in [0, 0.1) is 12.3 Å². The van der Waals surface area contributed by atoms with Crippen molar-refractivity contribution >= 4 is 23.1 Å². The van der Waals surface area contributed by atoms with Gasteiger partial charge in [-0.05, 0) is 6.92 Å². The van der Waals surface area contributed by atoms with Crippen molar-refractivity contribution in [3.63, 3.8) is 0 Å². The Morgan fingerprint density at radius 3 is 2.93 bits per heavy atom. The Balaban J connectivity index is 2.57. The number of fused-ring (bicyclic) bond motifs is 1. The van der Waals surface area contributed by atoms with Gasteiger partial charge in [0.15, 0.2) is 5.06 Å². The molecular weight excluding hydrogens is 200 g/mol. The van der Waals surface area contributed by atoms with E-state index in [1.807, 2.05) is 6.92 Å². The van der Waals surface area contributed by atoms with Crippen LogP contribution in [0.2, 0.25) is 0 Å². The highest BCUT2D eigenvalue weighted by molar-refractivity contribution is 7.14. The first-order chi connectivity index (χ1) is 6.63. The van der Waals surface area contributed by atoms with Gasteiger partial charge in [0.1, 0.15) is 5.84 Å². The van der Waals surface area contributed by atoms with Crippen LogP contribution in [-0.2, 0) is 11.2 Å². The zero-order valence-corrected chi connectivity index (χ0v) is 8.75. The number of methoxy groups -OCH3 is 1. The second-order valence-electron chi connectivity index (χ2n) is 3.12. The normalized spacial score (nSPS) is 15.0. The minimum Gasteiger partial charge on any atom is -0.487 e. The van der Waals surface area contributed by atoms with E-state index >= 15 is 0 Å². The van der Waals surface area contributed by atoms with E-state index in [0.29, 0.717) is 6.42 Å². The molecule has 74 valence electrons. The molecule has 1 aliphatic rings. The van der Waals surface area contributed by atoms with Gasteiger partial charge in [0.05, 0.1) is 13.5 Å². The second kappa shape index (κ2) is 3.09. The second-order valence-corrected chi connectivity index (χ2v) is 4.18. The fraction of sp³-hybridized carbons (Fsp3) is 0.333. The van der Waals surface area contributed by atoms with Gasteiger partial charge in [0.25, 0.3) is 0 Å². The fourth-order valence-corrected chi connectivity index (χ4v) is 2.71. The van der Waals surface area contributed by atoms with Crippen LogP contribution in [0.1, 0.15) is 16.0 Å². The van der Waals surface area contributed by atoms with Gasteiger partial charge in [-0.1, -0.05) is 0 Å². The highest BCUT2D eigenvalue weighted by Crippen LogP contribution is 2.36. The van der Waals surface area contributed by atoms with Gasteiger partial charge >= 0.3 is 0 Å². The number of rotatable bonds is 1. The number of thiophene rings is 1. The Labute approximate surface area is 85.4 Å². The largest absolute Gasteiger partial charge is 0.487 e. The molecule has 1 aromatic rings. The molecule has 0 aromatic carbocycles. The zero-order chi connectivity index (χ0) is 10.3. The lowest BCUT2D eigenvalue weighted by Crippen LogP contribution is -2.36. The summed E-state index contributed by atoms with van der Waals surface area (Å²) in [4.78, 5) is 12.1. The van der Waals surface area contributed by atoms with Crippen molar-refractivity contribution in [2.24, 2.45) is 0 Å². The van der Waals surface area contributed by atoms with E-state index < -0.39 is 0 Å². The van der Waals surface area contributed by atoms with Gasteiger partial charge in [-0.15, -0.1) is 11.3 Å². The number of carbonyl (C=O) groups is 1. The van der Waals surface area contributed by atoms with Crippen LogP contribution >= 0.6 is 11.3 Å². The molecule has 0 bridgehead atoms. The van der Waals surface area contributed by atoms with E-state index in [-0.39, 0.29) is 11.7 Å². The third-order valence-electron chi connectivity index (χ3n) is 2.20. The number of amides is 1. The number of amidine groups is 1. The average Bonchev–Trinajstić information content (AvgIpc) is 2.42. The fourth-order valence-electron chi connectivity index (χ4n) is 1.59. The summed E-state index contributed by atoms with van der Waals surface area (Å²) in [6, 6.07) is 0. The molecule has 2 rings (SSSR count). The predicted molar refractivity (Wildman–Crippen MR) is 54.3 cm³/mol. The summed E-state index contributed by atoms with van der Waals surface area (Å²) in [5.74, 6) is 0.0692. The van der Waals surface area contributed by atoms with E-state index in [9.17, 15) is 4.79 Å². The molecule has 1 aromatic heterocycles. The Morgan fingerprint density at radius 1 is 1.57 bits per heavy atom. The average molecular weight is 210 g/mol. The molecule has 0 aliphatic carbocycles. The summed E-state index contributed by atoms with van der Waals surface area (Å²) < 4.78 is 5.16. The number of hydrogen-bond donors (Lipinski definition) is 2. The summed E-state index contributed by atoms with van der Waals surface area (Å²) in [7, 11) is 1.60. The van der Waals surface area contributed by atoms with Crippen LogP contribution in [0.4, 0.5) is 0 Å². The molecule has 1 aliphatic heterocycles. The quantitative estimate of drug-likeness (QED) is 0.728. The standard InChI is InChI=1S/C9H10N2O2S/c1-4-7-5(14-9(4)13-2)3-6(12)11-8(7)10/h3H2,1-2H3,(H2,10,11,12). The van der Waals surface area contributed by atoms with E-state index in [4.69, 9.17) is 10.1 Å². The first kappa shape index (κ1) is 9.21. The molecule has 0 unspecified atom stereocenters. The monoisotopic (exact) mass is 210 g/mol. The van der Waals surface area contributed by atoms with Crippen LogP contribution in [0.25, 0.3) is 0 Å². The summed E-state index contributed by atoms with van der Waals surface area (Å²) in [5, 5.41) is 10.9. The first-order valence-electron chi connectivity index (χ1n) is 4.18. The molecule has 0 atom stereocenters. The van der Waals surface area contributed by atoms with Crippen molar-refractivity contribution in [1.82, 2.24) is 5.32 Å². The summed E-state index contributed by atoms with van der Waals surface area (Å²) in [6.07, 6.45) is 0.354. The Kier molecular flexibility index (Phi) is 2.03. The topological polar surface area (TPSA) is 62.2 Å². The van der Waals surface area contributed by atoms with Crippen LogP contribution in [-0.4, -0.2) is 18.9 Å². The smallest absolute Gasteiger partial charge is 0.230 e. The predicted octanol–water partition coefficient (Wildman–Crippen LogP) is 1.06. The molecule has 0 saturated carbocycles. The van der Waals surface area contributed by atoms with Gasteiger partial charge < -0.3 is 10.1 Å². The van der Waals surface area contributed by atoms with E-state index in [2.05, 4.69) is 5.32 Å². The molecule has 0 fully saturated rings. The van der Waals surface area contributed by atoms with Crippen molar-refractivity contribution < 1.29 is 9.53 Å². The lowest BCUT2D eigenvalue weighted by atomic mass is 10.1. The Bertz CT molecular complexity index is 423. The molecule has 14 heavy (non-hydrogen) atoms. The molecule has 0 radical (unpaired) electrons. The number of ether oxygens (including phenoxy) is 1. The van der Waals surface area contributed by atoms with Crippen LogP contribution in [0.3, 0.4) is 0 Å². The van der Waals surface area contributed by atoms with Gasteiger partial charge in [-0.3, -0.25) is 10.2 Å². The molecule has 0 saturated heterocycles.